The summed E-state index contributed by atoms with van der Waals surface area (Å²) in [6.07, 6.45) is 1.96. The molecular weight excluding hydrogens is 364 g/mol. The van der Waals surface area contributed by atoms with Crippen molar-refractivity contribution in [2.75, 3.05) is 20.4 Å². The lowest BCUT2D eigenvalue weighted by molar-refractivity contribution is 0.0950. The number of amides is 1. The SMILES string of the molecule is CSc1ccc(C)c(C(=O)NCc2ccc(S(=O)(=O)N(C)C)s2)c1. The van der Waals surface area contributed by atoms with Crippen LogP contribution in [0.1, 0.15) is 20.8 Å². The van der Waals surface area contributed by atoms with Crippen molar-refractivity contribution in [3.8, 4) is 0 Å². The van der Waals surface area contributed by atoms with Gasteiger partial charge in [-0.05, 0) is 43.0 Å². The van der Waals surface area contributed by atoms with E-state index in [-0.39, 0.29) is 10.1 Å². The van der Waals surface area contributed by atoms with Crippen LogP contribution >= 0.6 is 23.1 Å². The summed E-state index contributed by atoms with van der Waals surface area (Å²) in [6.45, 7) is 2.20. The largest absolute Gasteiger partial charge is 0.347 e. The average Bonchev–Trinajstić information content (AvgIpc) is 3.02. The van der Waals surface area contributed by atoms with Crippen LogP contribution in [0.2, 0.25) is 0 Å². The topological polar surface area (TPSA) is 66.5 Å². The van der Waals surface area contributed by atoms with Gasteiger partial charge in [0.25, 0.3) is 15.9 Å². The van der Waals surface area contributed by atoms with Crippen molar-refractivity contribution < 1.29 is 13.2 Å². The van der Waals surface area contributed by atoms with Gasteiger partial charge < -0.3 is 5.32 Å². The Bertz CT molecular complexity index is 842. The van der Waals surface area contributed by atoms with E-state index in [0.29, 0.717) is 12.1 Å². The molecule has 130 valence electrons. The number of hydrogen-bond acceptors (Lipinski definition) is 5. The van der Waals surface area contributed by atoms with E-state index in [1.165, 1.54) is 29.7 Å². The third-order valence-corrected chi connectivity index (χ3v) is 7.58. The number of aryl methyl sites for hydroxylation is 1. The molecule has 0 aliphatic carbocycles. The summed E-state index contributed by atoms with van der Waals surface area (Å²) in [5, 5.41) is 2.86. The predicted octanol–water partition coefficient (Wildman–Crippen LogP) is 2.96. The van der Waals surface area contributed by atoms with Crippen LogP contribution in [0.25, 0.3) is 0 Å². The van der Waals surface area contributed by atoms with E-state index in [1.54, 1.807) is 23.9 Å². The number of sulfonamides is 1. The molecule has 0 aliphatic heterocycles. The Morgan fingerprint density at radius 2 is 1.96 bits per heavy atom. The van der Waals surface area contributed by atoms with Gasteiger partial charge in [0.1, 0.15) is 4.21 Å². The Morgan fingerprint density at radius 3 is 2.58 bits per heavy atom. The molecule has 24 heavy (non-hydrogen) atoms. The summed E-state index contributed by atoms with van der Waals surface area (Å²) in [6, 6.07) is 9.07. The average molecular weight is 385 g/mol. The Morgan fingerprint density at radius 1 is 1.25 bits per heavy atom. The lowest BCUT2D eigenvalue weighted by atomic mass is 10.1. The highest BCUT2D eigenvalue weighted by atomic mass is 32.2. The van der Waals surface area contributed by atoms with Crippen LogP contribution in [-0.2, 0) is 16.6 Å². The zero-order valence-corrected chi connectivity index (χ0v) is 16.4. The summed E-state index contributed by atoms with van der Waals surface area (Å²) in [7, 11) is -0.430. The number of thioether (sulfide) groups is 1. The van der Waals surface area contributed by atoms with Crippen LogP contribution in [0, 0.1) is 6.92 Å². The number of carbonyl (C=O) groups is 1. The van der Waals surface area contributed by atoms with Gasteiger partial charge in [0.05, 0.1) is 6.54 Å². The molecule has 0 bridgehead atoms. The van der Waals surface area contributed by atoms with Crippen molar-refractivity contribution in [3.05, 3.63) is 46.3 Å². The van der Waals surface area contributed by atoms with Gasteiger partial charge in [0.15, 0.2) is 0 Å². The van der Waals surface area contributed by atoms with Crippen LogP contribution in [0.15, 0.2) is 39.4 Å². The minimum atomic E-state index is -3.43. The fourth-order valence-electron chi connectivity index (χ4n) is 2.01. The summed E-state index contributed by atoms with van der Waals surface area (Å²) in [5.41, 5.74) is 1.55. The lowest BCUT2D eigenvalue weighted by Crippen LogP contribution is -2.23. The van der Waals surface area contributed by atoms with E-state index in [4.69, 9.17) is 0 Å². The number of rotatable bonds is 6. The summed E-state index contributed by atoms with van der Waals surface area (Å²) < 4.78 is 25.6. The Kier molecular flexibility index (Phi) is 6.08. The molecule has 1 aromatic carbocycles. The first-order chi connectivity index (χ1) is 11.3. The smallest absolute Gasteiger partial charge is 0.252 e. The lowest BCUT2D eigenvalue weighted by Gasteiger charge is -2.09. The quantitative estimate of drug-likeness (QED) is 0.778. The van der Waals surface area contributed by atoms with Gasteiger partial charge in [-0.1, -0.05) is 6.07 Å². The number of carbonyl (C=O) groups excluding carboxylic acids is 1. The third-order valence-electron chi connectivity index (χ3n) is 3.48. The van der Waals surface area contributed by atoms with E-state index in [0.717, 1.165) is 15.3 Å². The Labute approximate surface area is 151 Å². The van der Waals surface area contributed by atoms with Crippen LogP contribution in [0.4, 0.5) is 0 Å². The summed E-state index contributed by atoms with van der Waals surface area (Å²) in [4.78, 5) is 14.2. The van der Waals surface area contributed by atoms with E-state index < -0.39 is 10.0 Å². The second kappa shape index (κ2) is 7.69. The fourth-order valence-corrected chi connectivity index (χ4v) is 4.91. The van der Waals surface area contributed by atoms with E-state index >= 15 is 0 Å². The van der Waals surface area contributed by atoms with Crippen LogP contribution < -0.4 is 5.32 Å². The van der Waals surface area contributed by atoms with Crippen LogP contribution in [0.3, 0.4) is 0 Å². The van der Waals surface area contributed by atoms with Gasteiger partial charge in [-0.3, -0.25) is 4.79 Å². The minimum Gasteiger partial charge on any atom is -0.347 e. The van der Waals surface area contributed by atoms with Crippen molar-refractivity contribution in [3.63, 3.8) is 0 Å². The van der Waals surface area contributed by atoms with Crippen molar-refractivity contribution in [1.29, 1.82) is 0 Å². The number of nitrogens with one attached hydrogen (secondary N) is 1. The highest BCUT2D eigenvalue weighted by Gasteiger charge is 2.19. The molecule has 0 atom stereocenters. The maximum atomic E-state index is 12.4. The molecule has 0 unspecified atom stereocenters. The Hall–Kier alpha value is -1.35. The highest BCUT2D eigenvalue weighted by Crippen LogP contribution is 2.24. The number of hydrogen-bond donors (Lipinski definition) is 1. The number of nitrogens with zero attached hydrogens (tertiary/aromatic N) is 1. The minimum absolute atomic E-state index is 0.159. The molecule has 1 heterocycles. The van der Waals surface area contributed by atoms with Gasteiger partial charge in [-0.15, -0.1) is 23.1 Å². The van der Waals surface area contributed by atoms with Gasteiger partial charge >= 0.3 is 0 Å². The highest BCUT2D eigenvalue weighted by molar-refractivity contribution is 7.98. The first-order valence-electron chi connectivity index (χ1n) is 7.20. The van der Waals surface area contributed by atoms with Gasteiger partial charge in [-0.25, -0.2) is 12.7 Å². The molecule has 5 nitrogen and oxygen atoms in total. The molecule has 1 aromatic heterocycles. The normalized spacial score (nSPS) is 11.7. The van der Waals surface area contributed by atoms with Crippen molar-refractivity contribution in [1.82, 2.24) is 9.62 Å². The van der Waals surface area contributed by atoms with Gasteiger partial charge in [0, 0.05) is 29.4 Å². The molecule has 0 saturated heterocycles. The first kappa shape index (κ1) is 19.0. The maximum absolute atomic E-state index is 12.4. The number of thiophene rings is 1. The first-order valence-corrected chi connectivity index (χ1v) is 10.7. The van der Waals surface area contributed by atoms with Gasteiger partial charge in [0.2, 0.25) is 0 Å². The predicted molar refractivity (Wildman–Crippen MR) is 99.3 cm³/mol. The van der Waals surface area contributed by atoms with Crippen molar-refractivity contribution >= 4 is 39.0 Å². The monoisotopic (exact) mass is 384 g/mol. The molecule has 0 fully saturated rings. The van der Waals surface area contributed by atoms with Crippen molar-refractivity contribution in [2.24, 2.45) is 0 Å². The molecule has 1 N–H and O–H groups in total. The fraction of sp³-hybridized carbons (Fsp3) is 0.312. The van der Waals surface area contributed by atoms with Gasteiger partial charge in [-0.2, -0.15) is 0 Å². The summed E-state index contributed by atoms with van der Waals surface area (Å²) >= 11 is 2.75. The Balaban J connectivity index is 2.09. The molecular formula is C16H20N2O3S3. The zero-order chi connectivity index (χ0) is 17.9. The molecule has 0 spiro atoms. The molecule has 1 amide bonds. The van der Waals surface area contributed by atoms with Crippen LogP contribution in [0.5, 0.6) is 0 Å². The zero-order valence-electron chi connectivity index (χ0n) is 14.0. The van der Waals surface area contributed by atoms with E-state index in [2.05, 4.69) is 5.32 Å². The molecule has 0 aliphatic rings. The molecule has 8 heteroatoms. The van der Waals surface area contributed by atoms with Crippen LogP contribution in [-0.4, -0.2) is 39.0 Å². The van der Waals surface area contributed by atoms with Crippen molar-refractivity contribution in [2.45, 2.75) is 22.6 Å². The number of benzene rings is 1. The van der Waals surface area contributed by atoms with E-state index in [9.17, 15) is 13.2 Å². The second-order valence-corrected chi connectivity index (χ2v) is 9.80. The summed E-state index contributed by atoms with van der Waals surface area (Å²) in [5.74, 6) is -0.159. The molecule has 0 radical (unpaired) electrons. The standard InChI is InChI=1S/C16H20N2O3S3/c1-11-5-6-12(22-4)9-14(11)16(19)17-10-13-7-8-15(23-13)24(20,21)18(2)3/h5-9H,10H2,1-4H3,(H,17,19). The molecule has 0 saturated carbocycles. The van der Waals surface area contributed by atoms with E-state index in [1.807, 2.05) is 31.4 Å². The second-order valence-electron chi connectivity index (χ2n) is 5.37. The molecule has 2 aromatic rings. The third kappa shape index (κ3) is 4.18. The molecule has 2 rings (SSSR count). The maximum Gasteiger partial charge on any atom is 0.252 e.